The van der Waals surface area contributed by atoms with Crippen molar-refractivity contribution in [2.24, 2.45) is 17.8 Å². The van der Waals surface area contributed by atoms with Gasteiger partial charge in [0.05, 0.1) is 16.6 Å². The maximum Gasteiger partial charge on any atom is 0.258 e. The molecule has 2 aromatic heterocycles. The molecule has 2 heterocycles. The number of pyridine rings is 1. The summed E-state index contributed by atoms with van der Waals surface area (Å²) in [5, 5.41) is 7.73. The fraction of sp³-hybridized carbons (Fsp3) is 0.471. The van der Waals surface area contributed by atoms with Crippen LogP contribution in [0.1, 0.15) is 34.6 Å². The summed E-state index contributed by atoms with van der Waals surface area (Å²) in [7, 11) is 0. The largest absolute Gasteiger partial charge is 0.352 e. The van der Waals surface area contributed by atoms with E-state index in [0.29, 0.717) is 28.8 Å². The van der Waals surface area contributed by atoms with Gasteiger partial charge in [-0.2, -0.15) is 0 Å². The van der Waals surface area contributed by atoms with Gasteiger partial charge in [0, 0.05) is 12.2 Å². The zero-order chi connectivity index (χ0) is 15.3. The molecule has 114 valence electrons. The summed E-state index contributed by atoms with van der Waals surface area (Å²) in [6.45, 7) is 4.42. The third kappa shape index (κ3) is 2.12. The van der Waals surface area contributed by atoms with E-state index in [9.17, 15) is 4.79 Å². The summed E-state index contributed by atoms with van der Waals surface area (Å²) in [4.78, 5) is 16.9. The van der Waals surface area contributed by atoms with E-state index in [-0.39, 0.29) is 5.91 Å². The van der Waals surface area contributed by atoms with Crippen molar-refractivity contribution < 1.29 is 9.32 Å². The molecule has 1 N–H and O–H groups in total. The van der Waals surface area contributed by atoms with Crippen LogP contribution in [0.25, 0.3) is 11.1 Å². The minimum Gasteiger partial charge on any atom is -0.352 e. The zero-order valence-corrected chi connectivity index (χ0v) is 12.8. The molecule has 5 heteroatoms. The average molecular weight is 297 g/mol. The van der Waals surface area contributed by atoms with Crippen LogP contribution in [0.5, 0.6) is 0 Å². The van der Waals surface area contributed by atoms with E-state index >= 15 is 0 Å². The highest BCUT2D eigenvalue weighted by molar-refractivity contribution is 6.06. The molecule has 2 aliphatic carbocycles. The van der Waals surface area contributed by atoms with Gasteiger partial charge < -0.3 is 9.84 Å². The number of aryl methyl sites for hydroxylation is 2. The van der Waals surface area contributed by atoms with Gasteiger partial charge in [-0.1, -0.05) is 17.3 Å². The average Bonchev–Trinajstić information content (AvgIpc) is 3.20. The van der Waals surface area contributed by atoms with E-state index < -0.39 is 0 Å². The molecule has 22 heavy (non-hydrogen) atoms. The SMILES string of the molecule is Cc1cc(C(=O)NC[C@H]2C[C@H]3C=C[C@@H]2C3)c2c(C)noc2n1. The standard InChI is InChI=1S/C17H19N3O2/c1-9-5-14(15-10(2)20-22-17(15)19-9)16(21)18-8-13-7-11-3-4-12(13)6-11/h3-5,11-13H,6-8H2,1-2H3,(H,18,21)/t11-,12+,13+/m0/s1. The molecule has 5 nitrogen and oxygen atoms in total. The molecule has 2 bridgehead atoms. The van der Waals surface area contributed by atoms with E-state index in [2.05, 4.69) is 27.6 Å². The van der Waals surface area contributed by atoms with Gasteiger partial charge >= 0.3 is 0 Å². The number of rotatable bonds is 3. The smallest absolute Gasteiger partial charge is 0.258 e. The van der Waals surface area contributed by atoms with Crippen molar-refractivity contribution in [3.63, 3.8) is 0 Å². The number of carbonyl (C=O) groups excluding carboxylic acids is 1. The Morgan fingerprint density at radius 3 is 2.95 bits per heavy atom. The van der Waals surface area contributed by atoms with Gasteiger partial charge in [-0.25, -0.2) is 4.98 Å². The number of nitrogens with one attached hydrogen (secondary N) is 1. The van der Waals surface area contributed by atoms with Crippen molar-refractivity contribution >= 4 is 17.0 Å². The van der Waals surface area contributed by atoms with Gasteiger partial charge in [0.15, 0.2) is 0 Å². The van der Waals surface area contributed by atoms with Crippen LogP contribution < -0.4 is 5.32 Å². The molecule has 0 aromatic carbocycles. The lowest BCUT2D eigenvalue weighted by molar-refractivity contribution is 0.0946. The van der Waals surface area contributed by atoms with Crippen LogP contribution in [-0.2, 0) is 0 Å². The molecular formula is C17H19N3O2. The van der Waals surface area contributed by atoms with Crippen molar-refractivity contribution in [1.82, 2.24) is 15.5 Å². The minimum atomic E-state index is -0.0615. The Bertz CT molecular complexity index is 778. The number of carbonyl (C=O) groups is 1. The third-order valence-corrected chi connectivity index (χ3v) is 4.93. The molecule has 2 aromatic rings. The Hall–Kier alpha value is -2.17. The van der Waals surface area contributed by atoms with Crippen molar-refractivity contribution in [2.75, 3.05) is 6.54 Å². The Kier molecular flexibility index (Phi) is 3.03. The van der Waals surface area contributed by atoms with Crippen LogP contribution in [0.4, 0.5) is 0 Å². The van der Waals surface area contributed by atoms with Crippen LogP contribution in [0.15, 0.2) is 22.7 Å². The number of nitrogens with zero attached hydrogens (tertiary/aromatic N) is 2. The highest BCUT2D eigenvalue weighted by atomic mass is 16.5. The van der Waals surface area contributed by atoms with Crippen LogP contribution in [-0.4, -0.2) is 22.6 Å². The van der Waals surface area contributed by atoms with E-state index in [1.165, 1.54) is 12.8 Å². The molecule has 3 atom stereocenters. The van der Waals surface area contributed by atoms with E-state index in [0.717, 1.165) is 23.5 Å². The second kappa shape index (κ2) is 4.93. The number of amides is 1. The van der Waals surface area contributed by atoms with E-state index in [1.807, 2.05) is 19.9 Å². The second-order valence-electron chi connectivity index (χ2n) is 6.51. The third-order valence-electron chi connectivity index (χ3n) is 4.93. The quantitative estimate of drug-likeness (QED) is 0.885. The predicted octanol–water partition coefficient (Wildman–Crippen LogP) is 2.78. The molecule has 2 aliphatic rings. The summed E-state index contributed by atoms with van der Waals surface area (Å²) in [5.41, 5.74) is 2.51. The van der Waals surface area contributed by atoms with Gasteiger partial charge in [-0.15, -0.1) is 0 Å². The van der Waals surface area contributed by atoms with Crippen LogP contribution >= 0.6 is 0 Å². The van der Waals surface area contributed by atoms with Crippen molar-refractivity contribution in [1.29, 1.82) is 0 Å². The molecule has 1 fully saturated rings. The Balaban J connectivity index is 1.55. The summed E-state index contributed by atoms with van der Waals surface area (Å²) in [6, 6.07) is 1.81. The lowest BCUT2D eigenvalue weighted by atomic mass is 9.93. The van der Waals surface area contributed by atoms with Crippen molar-refractivity contribution in [3.8, 4) is 0 Å². The number of fused-ring (bicyclic) bond motifs is 3. The van der Waals surface area contributed by atoms with Crippen LogP contribution in [0.3, 0.4) is 0 Å². The summed E-state index contributed by atoms with van der Waals surface area (Å²) >= 11 is 0. The Morgan fingerprint density at radius 2 is 2.23 bits per heavy atom. The lowest BCUT2D eigenvalue weighted by Crippen LogP contribution is -2.31. The van der Waals surface area contributed by atoms with Gasteiger partial charge in [0.25, 0.3) is 11.6 Å². The maximum atomic E-state index is 12.6. The first kappa shape index (κ1) is 13.5. The van der Waals surface area contributed by atoms with Gasteiger partial charge in [-0.05, 0) is 50.5 Å². The van der Waals surface area contributed by atoms with E-state index in [4.69, 9.17) is 4.52 Å². The zero-order valence-electron chi connectivity index (χ0n) is 12.8. The molecule has 0 spiro atoms. The van der Waals surface area contributed by atoms with Crippen molar-refractivity contribution in [2.45, 2.75) is 26.7 Å². The number of aromatic nitrogens is 2. The molecule has 1 amide bonds. The van der Waals surface area contributed by atoms with E-state index in [1.54, 1.807) is 0 Å². The lowest BCUT2D eigenvalue weighted by Gasteiger charge is -2.18. The predicted molar refractivity (Wildman–Crippen MR) is 82.5 cm³/mol. The molecule has 1 saturated carbocycles. The topological polar surface area (TPSA) is 68.0 Å². The molecule has 0 aliphatic heterocycles. The fourth-order valence-corrected chi connectivity index (χ4v) is 3.85. The molecule has 0 radical (unpaired) electrons. The minimum absolute atomic E-state index is 0.0615. The number of allylic oxidation sites excluding steroid dienone is 2. The molecule has 0 unspecified atom stereocenters. The Labute approximate surface area is 128 Å². The van der Waals surface area contributed by atoms with Gasteiger partial charge in [-0.3, -0.25) is 4.79 Å². The van der Waals surface area contributed by atoms with Crippen LogP contribution in [0, 0.1) is 31.6 Å². The van der Waals surface area contributed by atoms with Gasteiger partial charge in [0.1, 0.15) is 0 Å². The number of hydrogen-bond donors (Lipinski definition) is 1. The molecule has 0 saturated heterocycles. The summed E-state index contributed by atoms with van der Waals surface area (Å²) < 4.78 is 5.19. The summed E-state index contributed by atoms with van der Waals surface area (Å²) in [6.07, 6.45) is 7.08. The van der Waals surface area contributed by atoms with Crippen LogP contribution in [0.2, 0.25) is 0 Å². The fourth-order valence-electron chi connectivity index (χ4n) is 3.85. The molecule has 4 rings (SSSR count). The highest BCUT2D eigenvalue weighted by Crippen LogP contribution is 2.43. The first-order valence-electron chi connectivity index (χ1n) is 7.82. The molecular weight excluding hydrogens is 278 g/mol. The summed E-state index contributed by atoms with van der Waals surface area (Å²) in [5.74, 6) is 1.87. The first-order valence-corrected chi connectivity index (χ1v) is 7.82. The normalized spacial score (nSPS) is 26.0. The number of hydrogen-bond acceptors (Lipinski definition) is 4. The maximum absolute atomic E-state index is 12.6. The Morgan fingerprint density at radius 1 is 1.36 bits per heavy atom. The highest BCUT2D eigenvalue weighted by Gasteiger charge is 2.35. The second-order valence-corrected chi connectivity index (χ2v) is 6.51. The van der Waals surface area contributed by atoms with Crippen molar-refractivity contribution in [3.05, 3.63) is 35.2 Å². The monoisotopic (exact) mass is 297 g/mol. The first-order chi connectivity index (χ1) is 10.6. The van der Waals surface area contributed by atoms with Gasteiger partial charge in [0.2, 0.25) is 0 Å².